The maximum atomic E-state index is 13.0. The number of nitrogens with one attached hydrogen (secondary N) is 3. The summed E-state index contributed by atoms with van der Waals surface area (Å²) in [4.78, 5) is 14.9. The molecule has 7 nitrogen and oxygen atoms in total. The number of halogens is 1. The average molecular weight is 411 g/mol. The van der Waals surface area contributed by atoms with Gasteiger partial charge in [-0.3, -0.25) is 15.0 Å². The molecule has 1 saturated heterocycles. The van der Waals surface area contributed by atoms with Crippen molar-refractivity contribution in [2.75, 3.05) is 19.6 Å². The number of aromatic nitrogens is 4. The van der Waals surface area contributed by atoms with Gasteiger partial charge in [0.25, 0.3) is 5.91 Å². The quantitative estimate of drug-likeness (QED) is 0.618. The first-order chi connectivity index (χ1) is 14.2. The molecular weight excluding hydrogens is 388 g/mol. The topological polar surface area (TPSA) is 89.7 Å². The SMILES string of the molecule is O=C(c1n[nH]c2c1CCNC2)N1CCC(c2cc(-c3ccccc3Cl)n[nH]2)CC1. The number of carbonyl (C=O) groups excluding carboxylic acids is 1. The van der Waals surface area contributed by atoms with Gasteiger partial charge in [-0.1, -0.05) is 29.8 Å². The van der Waals surface area contributed by atoms with Crippen LogP contribution < -0.4 is 5.32 Å². The van der Waals surface area contributed by atoms with Crippen LogP contribution in [0, 0.1) is 0 Å². The van der Waals surface area contributed by atoms with Gasteiger partial charge in [0, 0.05) is 42.4 Å². The van der Waals surface area contributed by atoms with Crippen LogP contribution in [0.25, 0.3) is 11.3 Å². The number of rotatable bonds is 3. The predicted octanol–water partition coefficient (Wildman–Crippen LogP) is 3.12. The van der Waals surface area contributed by atoms with E-state index in [2.05, 4.69) is 31.8 Å². The Morgan fingerprint density at radius 1 is 1.14 bits per heavy atom. The minimum atomic E-state index is 0.0456. The molecule has 0 bridgehead atoms. The first kappa shape index (κ1) is 18.4. The molecule has 4 heterocycles. The molecule has 2 aliphatic rings. The smallest absolute Gasteiger partial charge is 0.274 e. The van der Waals surface area contributed by atoms with Crippen LogP contribution in [-0.2, 0) is 13.0 Å². The molecule has 1 fully saturated rings. The molecule has 29 heavy (non-hydrogen) atoms. The Kier molecular flexibility index (Phi) is 4.85. The molecule has 1 aromatic carbocycles. The zero-order valence-corrected chi connectivity index (χ0v) is 16.8. The fourth-order valence-electron chi connectivity index (χ4n) is 4.32. The van der Waals surface area contributed by atoms with Gasteiger partial charge in [-0.15, -0.1) is 0 Å². The molecule has 0 aliphatic carbocycles. The minimum absolute atomic E-state index is 0.0456. The van der Waals surface area contributed by atoms with Crippen LogP contribution in [0.2, 0.25) is 5.02 Å². The van der Waals surface area contributed by atoms with Crippen molar-refractivity contribution in [1.29, 1.82) is 0 Å². The largest absolute Gasteiger partial charge is 0.337 e. The lowest BCUT2D eigenvalue weighted by Gasteiger charge is -2.31. The highest BCUT2D eigenvalue weighted by Gasteiger charge is 2.29. The molecule has 2 aromatic heterocycles. The summed E-state index contributed by atoms with van der Waals surface area (Å²) in [7, 11) is 0. The highest BCUT2D eigenvalue weighted by atomic mass is 35.5. The Bertz CT molecular complexity index is 1030. The molecule has 0 saturated carbocycles. The molecule has 1 amide bonds. The second kappa shape index (κ2) is 7.65. The van der Waals surface area contributed by atoms with Gasteiger partial charge >= 0.3 is 0 Å². The van der Waals surface area contributed by atoms with E-state index in [1.54, 1.807) is 0 Å². The van der Waals surface area contributed by atoms with E-state index in [0.717, 1.165) is 73.7 Å². The zero-order valence-electron chi connectivity index (χ0n) is 16.0. The van der Waals surface area contributed by atoms with Crippen molar-refractivity contribution >= 4 is 17.5 Å². The number of benzene rings is 1. The standard InChI is InChI=1S/C21H23ClN6O/c22-16-4-2-1-3-14(16)18-11-17(24-25-18)13-6-9-28(10-7-13)21(29)20-15-5-8-23-12-19(15)26-27-20/h1-4,11,13,23H,5-10,12H2,(H,24,25)(H,26,27). The number of amides is 1. The molecule has 5 rings (SSSR count). The lowest BCUT2D eigenvalue weighted by molar-refractivity contribution is 0.0705. The van der Waals surface area contributed by atoms with E-state index >= 15 is 0 Å². The Hall–Kier alpha value is -2.64. The molecule has 2 aliphatic heterocycles. The number of aromatic amines is 2. The van der Waals surface area contributed by atoms with Crippen LogP contribution >= 0.6 is 11.6 Å². The number of hydrogen-bond donors (Lipinski definition) is 3. The number of nitrogens with zero attached hydrogens (tertiary/aromatic N) is 3. The van der Waals surface area contributed by atoms with Crippen molar-refractivity contribution in [2.45, 2.75) is 31.7 Å². The van der Waals surface area contributed by atoms with Crippen molar-refractivity contribution in [2.24, 2.45) is 0 Å². The predicted molar refractivity (Wildman–Crippen MR) is 111 cm³/mol. The number of carbonyl (C=O) groups is 1. The van der Waals surface area contributed by atoms with E-state index in [1.807, 2.05) is 29.2 Å². The molecule has 150 valence electrons. The molecule has 0 atom stereocenters. The van der Waals surface area contributed by atoms with Crippen LogP contribution in [-0.4, -0.2) is 50.8 Å². The van der Waals surface area contributed by atoms with Gasteiger partial charge in [-0.25, -0.2) is 0 Å². The summed E-state index contributed by atoms with van der Waals surface area (Å²) in [5.41, 5.74) is 5.62. The van der Waals surface area contributed by atoms with Crippen molar-refractivity contribution in [3.63, 3.8) is 0 Å². The van der Waals surface area contributed by atoms with Gasteiger partial charge in [0.2, 0.25) is 0 Å². The van der Waals surface area contributed by atoms with Gasteiger partial charge in [-0.2, -0.15) is 10.2 Å². The third kappa shape index (κ3) is 3.45. The van der Waals surface area contributed by atoms with E-state index in [0.29, 0.717) is 16.6 Å². The van der Waals surface area contributed by atoms with Crippen molar-refractivity contribution in [1.82, 2.24) is 30.6 Å². The van der Waals surface area contributed by atoms with Crippen molar-refractivity contribution in [3.8, 4) is 11.3 Å². The summed E-state index contributed by atoms with van der Waals surface area (Å²) in [6.07, 6.45) is 2.66. The molecule has 3 aromatic rings. The van der Waals surface area contributed by atoms with Gasteiger partial charge in [0.15, 0.2) is 5.69 Å². The maximum Gasteiger partial charge on any atom is 0.274 e. The molecule has 0 radical (unpaired) electrons. The first-order valence-electron chi connectivity index (χ1n) is 10.1. The van der Waals surface area contributed by atoms with Crippen LogP contribution in [0.3, 0.4) is 0 Å². The van der Waals surface area contributed by atoms with Crippen molar-refractivity contribution in [3.05, 3.63) is 58.0 Å². The maximum absolute atomic E-state index is 13.0. The molecule has 0 unspecified atom stereocenters. The summed E-state index contributed by atoms with van der Waals surface area (Å²) in [5.74, 6) is 0.407. The van der Waals surface area contributed by atoms with Crippen molar-refractivity contribution < 1.29 is 4.79 Å². The molecule has 3 N–H and O–H groups in total. The second-order valence-electron chi connectivity index (χ2n) is 7.71. The van der Waals surface area contributed by atoms with E-state index in [-0.39, 0.29) is 5.91 Å². The van der Waals surface area contributed by atoms with Gasteiger partial charge in [-0.05, 0) is 37.9 Å². The summed E-state index contributed by atoms with van der Waals surface area (Å²) in [6.45, 7) is 3.10. The number of fused-ring (bicyclic) bond motifs is 1. The van der Waals surface area contributed by atoms with E-state index < -0.39 is 0 Å². The monoisotopic (exact) mass is 410 g/mol. The van der Waals surface area contributed by atoms with Crippen LogP contribution in [0.1, 0.15) is 46.2 Å². The molecule has 8 heteroatoms. The summed E-state index contributed by atoms with van der Waals surface area (Å²) in [6, 6.07) is 9.81. The molecule has 0 spiro atoms. The molecular formula is C21H23ClN6O. The first-order valence-corrected chi connectivity index (χ1v) is 10.4. The lowest BCUT2D eigenvalue weighted by Crippen LogP contribution is -2.39. The Balaban J connectivity index is 1.26. The average Bonchev–Trinajstić information content (AvgIpc) is 3.41. The Morgan fingerprint density at radius 2 is 1.97 bits per heavy atom. The van der Waals surface area contributed by atoms with E-state index in [4.69, 9.17) is 11.6 Å². The third-order valence-corrected chi connectivity index (χ3v) is 6.31. The fraction of sp³-hybridized carbons (Fsp3) is 0.381. The highest BCUT2D eigenvalue weighted by molar-refractivity contribution is 6.33. The summed E-state index contributed by atoms with van der Waals surface area (Å²) < 4.78 is 0. The number of piperidine rings is 1. The van der Waals surface area contributed by atoms with E-state index in [1.165, 1.54) is 0 Å². The summed E-state index contributed by atoms with van der Waals surface area (Å²) in [5, 5.41) is 19.0. The Labute approximate surface area is 173 Å². The second-order valence-corrected chi connectivity index (χ2v) is 8.12. The number of hydrogen-bond acceptors (Lipinski definition) is 4. The van der Waals surface area contributed by atoms with E-state index in [9.17, 15) is 4.79 Å². The van der Waals surface area contributed by atoms with Crippen LogP contribution in [0.4, 0.5) is 0 Å². The highest BCUT2D eigenvalue weighted by Crippen LogP contribution is 2.32. The summed E-state index contributed by atoms with van der Waals surface area (Å²) >= 11 is 6.30. The fourth-order valence-corrected chi connectivity index (χ4v) is 4.55. The third-order valence-electron chi connectivity index (χ3n) is 5.98. The zero-order chi connectivity index (χ0) is 19.8. The van der Waals surface area contributed by atoms with Gasteiger partial charge in [0.05, 0.1) is 16.4 Å². The number of H-pyrrole nitrogens is 2. The minimum Gasteiger partial charge on any atom is -0.337 e. The van der Waals surface area contributed by atoms with Gasteiger partial charge < -0.3 is 10.2 Å². The van der Waals surface area contributed by atoms with Crippen LogP contribution in [0.15, 0.2) is 30.3 Å². The van der Waals surface area contributed by atoms with Gasteiger partial charge in [0.1, 0.15) is 0 Å². The normalized spacial score (nSPS) is 17.3. The lowest BCUT2D eigenvalue weighted by atomic mass is 9.92. The Morgan fingerprint density at radius 3 is 2.79 bits per heavy atom. The number of likely N-dealkylation sites (tertiary alicyclic amines) is 1. The van der Waals surface area contributed by atoms with Crippen LogP contribution in [0.5, 0.6) is 0 Å².